The Morgan fingerprint density at radius 2 is 2.22 bits per heavy atom. The maximum Gasteiger partial charge on any atom is 0.325 e. The van der Waals surface area contributed by atoms with E-state index in [1.54, 1.807) is 0 Å². The van der Waals surface area contributed by atoms with Gasteiger partial charge >= 0.3 is 5.97 Å². The van der Waals surface area contributed by atoms with Crippen molar-refractivity contribution in [2.24, 2.45) is 0 Å². The molecule has 1 heterocycles. The van der Waals surface area contributed by atoms with E-state index in [0.29, 0.717) is 24.8 Å². The van der Waals surface area contributed by atoms with Gasteiger partial charge in [-0.2, -0.15) is 0 Å². The molecule has 1 aliphatic heterocycles. The Hall–Kier alpha value is -1.10. The molecule has 0 radical (unpaired) electrons. The topological polar surface area (TPSA) is 38.8 Å². The van der Waals surface area contributed by atoms with Gasteiger partial charge < -0.3 is 9.47 Å². The average molecular weight is 270 g/mol. The van der Waals surface area contributed by atoms with Crippen LogP contribution in [0.3, 0.4) is 0 Å². The highest BCUT2D eigenvalue weighted by atomic mass is 35.5. The third-order valence-corrected chi connectivity index (χ3v) is 3.26. The Bertz CT molecular complexity index is 407. The number of hydrogen-bond acceptors (Lipinski definition) is 4. The molecule has 0 saturated carbocycles. The van der Waals surface area contributed by atoms with Gasteiger partial charge in [-0.3, -0.25) is 9.69 Å². The highest BCUT2D eigenvalue weighted by molar-refractivity contribution is 6.30. The summed E-state index contributed by atoms with van der Waals surface area (Å²) in [7, 11) is 1.40. The van der Waals surface area contributed by atoms with Crippen molar-refractivity contribution in [3.05, 3.63) is 34.9 Å². The van der Waals surface area contributed by atoms with Crippen LogP contribution in [0, 0.1) is 0 Å². The maximum atomic E-state index is 11.7. The maximum absolute atomic E-state index is 11.7. The quantitative estimate of drug-likeness (QED) is 0.783. The van der Waals surface area contributed by atoms with Crippen LogP contribution in [0.1, 0.15) is 5.56 Å². The lowest BCUT2D eigenvalue weighted by Crippen LogP contribution is -2.49. The fraction of sp³-hybridized carbons (Fsp3) is 0.462. The van der Waals surface area contributed by atoms with Gasteiger partial charge in [0.2, 0.25) is 0 Å². The molecule has 1 saturated heterocycles. The van der Waals surface area contributed by atoms with Crippen molar-refractivity contribution in [3.8, 4) is 0 Å². The molecule has 98 valence electrons. The Balaban J connectivity index is 2.05. The predicted molar refractivity (Wildman–Crippen MR) is 68.5 cm³/mol. The number of hydrogen-bond donors (Lipinski definition) is 0. The van der Waals surface area contributed by atoms with Crippen molar-refractivity contribution >= 4 is 17.6 Å². The van der Waals surface area contributed by atoms with Gasteiger partial charge in [0.15, 0.2) is 0 Å². The van der Waals surface area contributed by atoms with Crippen LogP contribution in [0.15, 0.2) is 24.3 Å². The van der Waals surface area contributed by atoms with Gasteiger partial charge in [0.25, 0.3) is 0 Å². The Kier molecular flexibility index (Phi) is 4.58. The van der Waals surface area contributed by atoms with Gasteiger partial charge in [0.05, 0.1) is 20.3 Å². The number of ether oxygens (including phenoxy) is 2. The standard InChI is InChI=1S/C13H16ClNO3/c1-17-13(16)12-9-18-7-6-15(12)8-10-2-4-11(14)5-3-10/h2-5,12H,6-9H2,1H3. The molecule has 5 heteroatoms. The van der Waals surface area contributed by atoms with Gasteiger partial charge in [-0.25, -0.2) is 0 Å². The number of rotatable bonds is 3. The molecule has 0 aliphatic carbocycles. The molecule has 4 nitrogen and oxygen atoms in total. The van der Waals surface area contributed by atoms with Crippen molar-refractivity contribution in [1.29, 1.82) is 0 Å². The summed E-state index contributed by atoms with van der Waals surface area (Å²) in [5.74, 6) is -0.247. The number of halogens is 1. The third kappa shape index (κ3) is 3.22. The van der Waals surface area contributed by atoms with Gasteiger partial charge in [-0.1, -0.05) is 23.7 Å². The van der Waals surface area contributed by atoms with Gasteiger partial charge in [-0.05, 0) is 17.7 Å². The highest BCUT2D eigenvalue weighted by Gasteiger charge is 2.30. The molecule has 2 rings (SSSR count). The molecule has 1 atom stereocenters. The molecule has 1 aromatic carbocycles. The molecular weight excluding hydrogens is 254 g/mol. The number of carbonyl (C=O) groups excluding carboxylic acids is 1. The molecule has 18 heavy (non-hydrogen) atoms. The molecule has 1 aliphatic rings. The second kappa shape index (κ2) is 6.18. The van der Waals surface area contributed by atoms with E-state index in [9.17, 15) is 4.79 Å². The van der Waals surface area contributed by atoms with E-state index >= 15 is 0 Å². The van der Waals surface area contributed by atoms with Gasteiger partial charge in [0.1, 0.15) is 6.04 Å². The average Bonchev–Trinajstić information content (AvgIpc) is 2.41. The van der Waals surface area contributed by atoms with Crippen LogP contribution in [-0.2, 0) is 20.8 Å². The first-order valence-electron chi connectivity index (χ1n) is 5.85. The summed E-state index contributed by atoms with van der Waals surface area (Å²) in [6.45, 7) is 2.45. The number of benzene rings is 1. The molecule has 0 aromatic heterocycles. The molecule has 1 aromatic rings. The number of carbonyl (C=O) groups is 1. The largest absolute Gasteiger partial charge is 0.468 e. The number of nitrogens with zero attached hydrogens (tertiary/aromatic N) is 1. The zero-order valence-corrected chi connectivity index (χ0v) is 11.0. The van der Waals surface area contributed by atoms with E-state index in [2.05, 4.69) is 4.90 Å². The van der Waals surface area contributed by atoms with Crippen LogP contribution in [0.2, 0.25) is 5.02 Å². The van der Waals surface area contributed by atoms with Crippen LogP contribution in [0.5, 0.6) is 0 Å². The lowest BCUT2D eigenvalue weighted by Gasteiger charge is -2.33. The van der Waals surface area contributed by atoms with E-state index in [4.69, 9.17) is 21.1 Å². The van der Waals surface area contributed by atoms with E-state index in [-0.39, 0.29) is 12.0 Å². The molecule has 0 spiro atoms. The Morgan fingerprint density at radius 3 is 2.89 bits per heavy atom. The minimum absolute atomic E-state index is 0.247. The molecule has 0 amide bonds. The predicted octanol–water partition coefficient (Wildman–Crippen LogP) is 1.71. The first kappa shape index (κ1) is 13.3. The van der Waals surface area contributed by atoms with Crippen molar-refractivity contribution in [3.63, 3.8) is 0 Å². The van der Waals surface area contributed by atoms with Crippen molar-refractivity contribution < 1.29 is 14.3 Å². The summed E-state index contributed by atoms with van der Waals surface area (Å²) < 4.78 is 10.1. The summed E-state index contributed by atoms with van der Waals surface area (Å²) in [6, 6.07) is 7.31. The van der Waals surface area contributed by atoms with E-state index < -0.39 is 0 Å². The minimum Gasteiger partial charge on any atom is -0.468 e. The summed E-state index contributed by atoms with van der Waals surface area (Å²) in [5, 5.41) is 0.713. The number of methoxy groups -OCH3 is 1. The molecule has 0 N–H and O–H groups in total. The molecular formula is C13H16ClNO3. The zero-order valence-electron chi connectivity index (χ0n) is 10.3. The van der Waals surface area contributed by atoms with Crippen LogP contribution >= 0.6 is 11.6 Å². The third-order valence-electron chi connectivity index (χ3n) is 3.01. The zero-order chi connectivity index (χ0) is 13.0. The van der Waals surface area contributed by atoms with E-state index in [0.717, 1.165) is 12.1 Å². The van der Waals surface area contributed by atoms with Crippen molar-refractivity contribution in [2.45, 2.75) is 12.6 Å². The Morgan fingerprint density at radius 1 is 1.50 bits per heavy atom. The highest BCUT2D eigenvalue weighted by Crippen LogP contribution is 2.15. The fourth-order valence-electron chi connectivity index (χ4n) is 2.00. The lowest BCUT2D eigenvalue weighted by molar-refractivity contribution is -0.153. The summed E-state index contributed by atoms with van der Waals surface area (Å²) in [6.07, 6.45) is 0. The monoisotopic (exact) mass is 269 g/mol. The first-order valence-corrected chi connectivity index (χ1v) is 6.22. The van der Waals surface area contributed by atoms with Crippen LogP contribution in [-0.4, -0.2) is 43.8 Å². The molecule has 0 bridgehead atoms. The summed E-state index contributed by atoms with van der Waals surface area (Å²) in [4.78, 5) is 13.7. The van der Waals surface area contributed by atoms with Crippen LogP contribution in [0.4, 0.5) is 0 Å². The lowest BCUT2D eigenvalue weighted by atomic mass is 10.1. The minimum atomic E-state index is -0.320. The van der Waals surface area contributed by atoms with Crippen LogP contribution < -0.4 is 0 Å². The van der Waals surface area contributed by atoms with Crippen LogP contribution in [0.25, 0.3) is 0 Å². The fourth-order valence-corrected chi connectivity index (χ4v) is 2.13. The smallest absolute Gasteiger partial charge is 0.325 e. The van der Waals surface area contributed by atoms with Crippen molar-refractivity contribution in [1.82, 2.24) is 4.90 Å². The van der Waals surface area contributed by atoms with Gasteiger partial charge in [-0.15, -0.1) is 0 Å². The first-order chi connectivity index (χ1) is 8.70. The number of morpholine rings is 1. The second-order valence-electron chi connectivity index (χ2n) is 4.21. The van der Waals surface area contributed by atoms with E-state index in [1.807, 2.05) is 24.3 Å². The normalized spacial score (nSPS) is 20.7. The van der Waals surface area contributed by atoms with E-state index in [1.165, 1.54) is 7.11 Å². The van der Waals surface area contributed by atoms with Gasteiger partial charge in [0, 0.05) is 18.1 Å². The molecule has 1 fully saturated rings. The number of esters is 1. The summed E-state index contributed by atoms with van der Waals surface area (Å²) in [5.41, 5.74) is 1.12. The Labute approximate surface area is 111 Å². The second-order valence-corrected chi connectivity index (χ2v) is 4.65. The molecule has 1 unspecified atom stereocenters. The van der Waals surface area contributed by atoms with Crippen molar-refractivity contribution in [2.75, 3.05) is 26.9 Å². The summed E-state index contributed by atoms with van der Waals surface area (Å²) >= 11 is 5.85. The SMILES string of the molecule is COC(=O)C1COCCN1Cc1ccc(Cl)cc1.